The lowest BCUT2D eigenvalue weighted by Crippen LogP contribution is -2.51. The van der Waals surface area contributed by atoms with Gasteiger partial charge in [-0.05, 0) is 25.5 Å². The second-order valence-electron chi connectivity index (χ2n) is 8.56. The summed E-state index contributed by atoms with van der Waals surface area (Å²) in [6, 6.07) is 13.5. The van der Waals surface area contributed by atoms with E-state index in [9.17, 15) is 18.8 Å². The predicted octanol–water partition coefficient (Wildman–Crippen LogP) is 2.25. The van der Waals surface area contributed by atoms with Crippen molar-refractivity contribution in [1.82, 2.24) is 20.0 Å². The average molecular weight is 439 g/mol. The van der Waals surface area contributed by atoms with Crippen LogP contribution < -0.4 is 5.32 Å². The lowest BCUT2D eigenvalue weighted by Gasteiger charge is -2.35. The molecular formula is C24H27FN4O3. The first-order chi connectivity index (χ1) is 15.3. The number of hydrogen-bond acceptors (Lipinski definition) is 4. The van der Waals surface area contributed by atoms with Gasteiger partial charge < -0.3 is 10.2 Å². The number of halogens is 1. The van der Waals surface area contributed by atoms with Crippen molar-refractivity contribution in [2.45, 2.75) is 25.9 Å². The van der Waals surface area contributed by atoms with Crippen LogP contribution >= 0.6 is 0 Å². The molecule has 2 fully saturated rings. The summed E-state index contributed by atoms with van der Waals surface area (Å²) in [5.74, 6) is -0.939. The summed E-state index contributed by atoms with van der Waals surface area (Å²) in [7, 11) is 0. The highest BCUT2D eigenvalue weighted by Gasteiger charge is 2.49. The van der Waals surface area contributed by atoms with Gasteiger partial charge in [0, 0.05) is 38.3 Å². The van der Waals surface area contributed by atoms with Gasteiger partial charge >= 0.3 is 6.03 Å². The SMILES string of the molecule is Cc1ccc(C2(C)NC(=O)N(CC(=O)N3CCN(Cc4ccccc4F)CC3)C2=O)cc1. The zero-order valence-electron chi connectivity index (χ0n) is 18.3. The van der Waals surface area contributed by atoms with Gasteiger partial charge in [0.25, 0.3) is 5.91 Å². The van der Waals surface area contributed by atoms with Crippen LogP contribution in [0.15, 0.2) is 48.5 Å². The highest BCUT2D eigenvalue weighted by Crippen LogP contribution is 2.29. The van der Waals surface area contributed by atoms with Crippen LogP contribution in [0.2, 0.25) is 0 Å². The normalized spacial score (nSPS) is 21.7. The molecule has 2 saturated heterocycles. The van der Waals surface area contributed by atoms with Crippen molar-refractivity contribution in [2.75, 3.05) is 32.7 Å². The van der Waals surface area contributed by atoms with Gasteiger partial charge in [-0.3, -0.25) is 19.4 Å². The quantitative estimate of drug-likeness (QED) is 0.727. The van der Waals surface area contributed by atoms with Crippen LogP contribution in [-0.2, 0) is 21.7 Å². The molecule has 0 saturated carbocycles. The Balaban J connectivity index is 1.35. The maximum Gasteiger partial charge on any atom is 0.325 e. The van der Waals surface area contributed by atoms with Crippen LogP contribution in [0.1, 0.15) is 23.6 Å². The molecule has 0 spiro atoms. The van der Waals surface area contributed by atoms with Crippen molar-refractivity contribution in [3.8, 4) is 0 Å². The number of carbonyl (C=O) groups excluding carboxylic acids is 3. The zero-order valence-corrected chi connectivity index (χ0v) is 18.3. The van der Waals surface area contributed by atoms with Crippen LogP contribution in [0.4, 0.5) is 9.18 Å². The summed E-state index contributed by atoms with van der Waals surface area (Å²) in [5.41, 5.74) is 1.17. The molecule has 2 aromatic rings. The molecule has 2 aliphatic heterocycles. The van der Waals surface area contributed by atoms with E-state index in [2.05, 4.69) is 10.2 Å². The van der Waals surface area contributed by atoms with Crippen molar-refractivity contribution in [1.29, 1.82) is 0 Å². The third kappa shape index (κ3) is 4.23. The van der Waals surface area contributed by atoms with Gasteiger partial charge in [-0.25, -0.2) is 9.18 Å². The summed E-state index contributed by atoms with van der Waals surface area (Å²) in [6.45, 7) is 5.92. The molecule has 0 radical (unpaired) electrons. The number of imide groups is 1. The van der Waals surface area contributed by atoms with Crippen molar-refractivity contribution in [3.63, 3.8) is 0 Å². The minimum atomic E-state index is -1.19. The fourth-order valence-corrected chi connectivity index (χ4v) is 4.18. The molecule has 1 unspecified atom stereocenters. The Kier molecular flexibility index (Phi) is 5.97. The molecule has 0 aliphatic carbocycles. The number of aryl methyl sites for hydroxylation is 1. The first kappa shape index (κ1) is 22.0. The maximum atomic E-state index is 13.9. The monoisotopic (exact) mass is 438 g/mol. The van der Waals surface area contributed by atoms with Crippen LogP contribution in [0.25, 0.3) is 0 Å². The maximum absolute atomic E-state index is 13.9. The van der Waals surface area contributed by atoms with E-state index in [4.69, 9.17) is 0 Å². The van der Waals surface area contributed by atoms with Gasteiger partial charge in [0.15, 0.2) is 0 Å². The third-order valence-electron chi connectivity index (χ3n) is 6.27. The first-order valence-corrected chi connectivity index (χ1v) is 10.7. The topological polar surface area (TPSA) is 73.0 Å². The average Bonchev–Trinajstić information content (AvgIpc) is 3.00. The van der Waals surface area contributed by atoms with Crippen LogP contribution in [-0.4, -0.2) is 65.3 Å². The molecule has 32 heavy (non-hydrogen) atoms. The Labute approximate surface area is 186 Å². The number of nitrogens with zero attached hydrogens (tertiary/aromatic N) is 3. The number of rotatable bonds is 5. The standard InChI is InChI=1S/C24H27FN4O3/c1-17-7-9-19(10-8-17)24(2)22(31)29(23(32)26-24)16-21(30)28-13-11-27(12-14-28)15-18-5-3-4-6-20(18)25/h3-10H,11-16H2,1-2H3,(H,26,32). The van der Waals surface area contributed by atoms with Crippen molar-refractivity contribution in [2.24, 2.45) is 0 Å². The Morgan fingerprint density at radius 3 is 2.34 bits per heavy atom. The number of nitrogens with one attached hydrogen (secondary N) is 1. The van der Waals surface area contributed by atoms with E-state index >= 15 is 0 Å². The van der Waals surface area contributed by atoms with Gasteiger partial charge in [-0.15, -0.1) is 0 Å². The predicted molar refractivity (Wildman–Crippen MR) is 117 cm³/mol. The smallest absolute Gasteiger partial charge is 0.325 e. The number of hydrogen-bond donors (Lipinski definition) is 1. The molecule has 2 aromatic carbocycles. The van der Waals surface area contributed by atoms with Crippen molar-refractivity contribution in [3.05, 3.63) is 71.0 Å². The molecule has 0 bridgehead atoms. The number of piperazine rings is 1. The molecule has 1 atom stereocenters. The van der Waals surface area contributed by atoms with Crippen LogP contribution in [0, 0.1) is 12.7 Å². The Bertz CT molecular complexity index is 1030. The van der Waals surface area contributed by atoms with E-state index in [-0.39, 0.29) is 18.3 Å². The summed E-state index contributed by atoms with van der Waals surface area (Å²) in [5, 5.41) is 2.74. The van der Waals surface area contributed by atoms with Crippen LogP contribution in [0.5, 0.6) is 0 Å². The van der Waals surface area contributed by atoms with E-state index < -0.39 is 17.5 Å². The zero-order chi connectivity index (χ0) is 22.9. The van der Waals surface area contributed by atoms with Gasteiger partial charge in [0.1, 0.15) is 17.9 Å². The Hall–Kier alpha value is -3.26. The lowest BCUT2D eigenvalue weighted by molar-refractivity contribution is -0.140. The number of carbonyl (C=O) groups is 3. The molecule has 2 aliphatic rings. The van der Waals surface area contributed by atoms with Gasteiger partial charge in [-0.1, -0.05) is 48.0 Å². The molecule has 7 nitrogen and oxygen atoms in total. The number of amides is 4. The summed E-state index contributed by atoms with van der Waals surface area (Å²) >= 11 is 0. The molecule has 1 N–H and O–H groups in total. The summed E-state index contributed by atoms with van der Waals surface area (Å²) in [6.07, 6.45) is 0. The van der Waals surface area contributed by atoms with E-state index in [1.807, 2.05) is 31.2 Å². The minimum Gasteiger partial charge on any atom is -0.339 e. The molecule has 8 heteroatoms. The summed E-state index contributed by atoms with van der Waals surface area (Å²) < 4.78 is 13.9. The van der Waals surface area contributed by atoms with E-state index in [0.29, 0.717) is 43.9 Å². The van der Waals surface area contributed by atoms with Gasteiger partial charge in [-0.2, -0.15) is 0 Å². The molecular weight excluding hydrogens is 411 g/mol. The van der Waals surface area contributed by atoms with E-state index in [0.717, 1.165) is 10.5 Å². The van der Waals surface area contributed by atoms with Crippen molar-refractivity contribution >= 4 is 17.8 Å². The molecule has 4 amide bonds. The Morgan fingerprint density at radius 1 is 1.03 bits per heavy atom. The highest BCUT2D eigenvalue weighted by atomic mass is 19.1. The third-order valence-corrected chi connectivity index (χ3v) is 6.27. The fourth-order valence-electron chi connectivity index (χ4n) is 4.18. The highest BCUT2D eigenvalue weighted by molar-refractivity contribution is 6.09. The summed E-state index contributed by atoms with van der Waals surface area (Å²) in [4.78, 5) is 43.1. The van der Waals surface area contributed by atoms with E-state index in [1.54, 1.807) is 30.0 Å². The lowest BCUT2D eigenvalue weighted by atomic mass is 9.91. The fraction of sp³-hybridized carbons (Fsp3) is 0.375. The largest absolute Gasteiger partial charge is 0.339 e. The molecule has 4 rings (SSSR count). The second kappa shape index (κ2) is 8.70. The number of benzene rings is 2. The molecule has 2 heterocycles. The van der Waals surface area contributed by atoms with Gasteiger partial charge in [0.2, 0.25) is 5.91 Å². The number of urea groups is 1. The first-order valence-electron chi connectivity index (χ1n) is 10.7. The molecule has 0 aromatic heterocycles. The Morgan fingerprint density at radius 2 is 1.69 bits per heavy atom. The van der Waals surface area contributed by atoms with E-state index in [1.165, 1.54) is 6.07 Å². The van der Waals surface area contributed by atoms with Crippen LogP contribution in [0.3, 0.4) is 0 Å². The van der Waals surface area contributed by atoms with Gasteiger partial charge in [0.05, 0.1) is 0 Å². The van der Waals surface area contributed by atoms with Crippen molar-refractivity contribution < 1.29 is 18.8 Å². The molecule has 168 valence electrons. The second-order valence-corrected chi connectivity index (χ2v) is 8.56. The minimum absolute atomic E-state index is 0.235.